The summed E-state index contributed by atoms with van der Waals surface area (Å²) in [7, 11) is 3.72. The van der Waals surface area contributed by atoms with Crippen LogP contribution in [0.5, 0.6) is 0 Å². The van der Waals surface area contributed by atoms with Crippen LogP contribution in [-0.2, 0) is 11.4 Å². The first-order valence-electron chi connectivity index (χ1n) is 6.29. The standard InChI is InChI=1S/C14H20N2O4/c1-15(2)7-8-16(9-13(18)19)14(20)12-5-3-11(10-17)4-6-12/h3-6,17H,7-10H2,1-2H3,(H,18,19). The van der Waals surface area contributed by atoms with E-state index in [9.17, 15) is 9.59 Å². The lowest BCUT2D eigenvalue weighted by atomic mass is 10.1. The van der Waals surface area contributed by atoms with Crippen LogP contribution in [0.2, 0.25) is 0 Å². The third-order valence-electron chi connectivity index (χ3n) is 2.81. The van der Waals surface area contributed by atoms with E-state index in [2.05, 4.69) is 0 Å². The lowest BCUT2D eigenvalue weighted by Crippen LogP contribution is -2.40. The van der Waals surface area contributed by atoms with Crippen LogP contribution in [0.15, 0.2) is 24.3 Å². The molecule has 6 heteroatoms. The van der Waals surface area contributed by atoms with E-state index in [1.165, 1.54) is 4.90 Å². The lowest BCUT2D eigenvalue weighted by molar-refractivity contribution is -0.137. The SMILES string of the molecule is CN(C)CCN(CC(=O)O)C(=O)c1ccc(CO)cc1. The van der Waals surface area contributed by atoms with Gasteiger partial charge in [-0.1, -0.05) is 12.1 Å². The number of nitrogens with zero attached hydrogens (tertiary/aromatic N) is 2. The number of likely N-dealkylation sites (N-methyl/N-ethyl adjacent to an activating group) is 1. The van der Waals surface area contributed by atoms with Crippen molar-refractivity contribution in [3.8, 4) is 0 Å². The maximum absolute atomic E-state index is 12.3. The molecule has 0 radical (unpaired) electrons. The van der Waals surface area contributed by atoms with Crippen molar-refractivity contribution in [1.82, 2.24) is 9.80 Å². The van der Waals surface area contributed by atoms with Crippen LogP contribution in [0, 0.1) is 0 Å². The summed E-state index contributed by atoms with van der Waals surface area (Å²) in [4.78, 5) is 26.3. The Bertz CT molecular complexity index is 457. The van der Waals surface area contributed by atoms with Crippen molar-refractivity contribution in [1.29, 1.82) is 0 Å². The molecule has 0 aromatic heterocycles. The highest BCUT2D eigenvalue weighted by Crippen LogP contribution is 2.08. The summed E-state index contributed by atoms with van der Waals surface area (Å²) in [5, 5.41) is 17.8. The second kappa shape index (κ2) is 7.62. The monoisotopic (exact) mass is 280 g/mol. The van der Waals surface area contributed by atoms with Crippen molar-refractivity contribution in [3.05, 3.63) is 35.4 Å². The Labute approximate surface area is 118 Å². The number of hydrogen-bond acceptors (Lipinski definition) is 4. The molecule has 1 aromatic rings. The molecule has 0 heterocycles. The van der Waals surface area contributed by atoms with Crippen molar-refractivity contribution in [2.75, 3.05) is 33.7 Å². The number of benzene rings is 1. The highest BCUT2D eigenvalue weighted by molar-refractivity contribution is 5.95. The van der Waals surface area contributed by atoms with Gasteiger partial charge in [-0.05, 0) is 31.8 Å². The van der Waals surface area contributed by atoms with Gasteiger partial charge in [0.25, 0.3) is 5.91 Å². The highest BCUT2D eigenvalue weighted by Gasteiger charge is 2.18. The number of carboxylic acid groups (broad SMARTS) is 1. The van der Waals surface area contributed by atoms with Gasteiger partial charge >= 0.3 is 5.97 Å². The Balaban J connectivity index is 2.81. The summed E-state index contributed by atoms with van der Waals surface area (Å²) in [6.07, 6.45) is 0. The predicted octanol–water partition coefficient (Wildman–Crippen LogP) is 0.267. The topological polar surface area (TPSA) is 81.1 Å². The summed E-state index contributed by atoms with van der Waals surface area (Å²) >= 11 is 0. The van der Waals surface area contributed by atoms with E-state index in [0.717, 1.165) is 0 Å². The number of carbonyl (C=O) groups is 2. The zero-order chi connectivity index (χ0) is 15.1. The second-order valence-corrected chi connectivity index (χ2v) is 4.78. The van der Waals surface area contributed by atoms with E-state index < -0.39 is 5.97 Å². The molecule has 1 aromatic carbocycles. The molecule has 110 valence electrons. The van der Waals surface area contributed by atoms with Crippen LogP contribution in [0.4, 0.5) is 0 Å². The summed E-state index contributed by atoms with van der Waals surface area (Å²) in [6, 6.07) is 6.49. The van der Waals surface area contributed by atoms with Gasteiger partial charge in [-0.25, -0.2) is 0 Å². The maximum Gasteiger partial charge on any atom is 0.323 e. The smallest absolute Gasteiger partial charge is 0.323 e. The zero-order valence-electron chi connectivity index (χ0n) is 11.7. The average molecular weight is 280 g/mol. The van der Waals surface area contributed by atoms with E-state index in [1.807, 2.05) is 19.0 Å². The predicted molar refractivity (Wildman–Crippen MR) is 74.5 cm³/mol. The van der Waals surface area contributed by atoms with Gasteiger partial charge < -0.3 is 20.0 Å². The Morgan fingerprint density at radius 2 is 1.70 bits per heavy atom. The van der Waals surface area contributed by atoms with Crippen LogP contribution in [0.3, 0.4) is 0 Å². The van der Waals surface area contributed by atoms with Crippen LogP contribution >= 0.6 is 0 Å². The third kappa shape index (κ3) is 4.99. The van der Waals surface area contributed by atoms with Crippen molar-refractivity contribution in [2.24, 2.45) is 0 Å². The molecule has 0 fully saturated rings. The summed E-state index contributed by atoms with van der Waals surface area (Å²) in [5.74, 6) is -1.36. The molecule has 20 heavy (non-hydrogen) atoms. The Morgan fingerprint density at radius 1 is 1.10 bits per heavy atom. The molecule has 0 unspecified atom stereocenters. The minimum atomic E-state index is -1.04. The van der Waals surface area contributed by atoms with Crippen molar-refractivity contribution >= 4 is 11.9 Å². The number of amides is 1. The van der Waals surface area contributed by atoms with E-state index in [-0.39, 0.29) is 19.1 Å². The van der Waals surface area contributed by atoms with Gasteiger partial charge in [0, 0.05) is 18.7 Å². The number of carboxylic acids is 1. The number of aliphatic carboxylic acids is 1. The quantitative estimate of drug-likeness (QED) is 0.749. The van der Waals surface area contributed by atoms with Crippen molar-refractivity contribution < 1.29 is 19.8 Å². The van der Waals surface area contributed by atoms with Gasteiger partial charge in [0.05, 0.1) is 6.61 Å². The molecule has 6 nitrogen and oxygen atoms in total. The van der Waals surface area contributed by atoms with Crippen LogP contribution in [0.1, 0.15) is 15.9 Å². The maximum atomic E-state index is 12.3. The van der Waals surface area contributed by atoms with E-state index in [4.69, 9.17) is 10.2 Å². The molecular formula is C14H20N2O4. The number of aliphatic hydroxyl groups is 1. The third-order valence-corrected chi connectivity index (χ3v) is 2.81. The largest absolute Gasteiger partial charge is 0.480 e. The second-order valence-electron chi connectivity index (χ2n) is 4.78. The van der Waals surface area contributed by atoms with Crippen molar-refractivity contribution in [2.45, 2.75) is 6.61 Å². The molecule has 0 aliphatic heterocycles. The first-order valence-corrected chi connectivity index (χ1v) is 6.29. The molecule has 1 amide bonds. The molecule has 0 saturated heterocycles. The average Bonchev–Trinajstić information content (AvgIpc) is 2.42. The number of rotatable bonds is 7. The van der Waals surface area contributed by atoms with E-state index >= 15 is 0 Å². The fourth-order valence-electron chi connectivity index (χ4n) is 1.67. The molecule has 0 aliphatic rings. The molecule has 0 spiro atoms. The summed E-state index contributed by atoms with van der Waals surface area (Å²) in [5.41, 5.74) is 1.13. The molecule has 1 rings (SSSR count). The Morgan fingerprint density at radius 3 is 2.15 bits per heavy atom. The molecule has 2 N–H and O–H groups in total. The molecule has 0 aliphatic carbocycles. The van der Waals surface area contributed by atoms with Gasteiger partial charge in [-0.15, -0.1) is 0 Å². The summed E-state index contributed by atoms with van der Waals surface area (Å²) < 4.78 is 0. The van der Waals surface area contributed by atoms with Gasteiger partial charge in [0.1, 0.15) is 6.54 Å². The first-order chi connectivity index (χ1) is 9.43. The molecular weight excluding hydrogens is 260 g/mol. The number of aliphatic hydroxyl groups excluding tert-OH is 1. The minimum absolute atomic E-state index is 0.0893. The fourth-order valence-corrected chi connectivity index (χ4v) is 1.67. The molecule has 0 bridgehead atoms. The Hall–Kier alpha value is -1.92. The van der Waals surface area contributed by atoms with Gasteiger partial charge in [0.15, 0.2) is 0 Å². The molecule has 0 atom stereocenters. The van der Waals surface area contributed by atoms with Gasteiger partial charge in [0.2, 0.25) is 0 Å². The summed E-state index contributed by atoms with van der Waals surface area (Å²) in [6.45, 7) is 0.524. The van der Waals surface area contributed by atoms with Gasteiger partial charge in [-0.3, -0.25) is 9.59 Å². The van der Waals surface area contributed by atoms with E-state index in [0.29, 0.717) is 24.2 Å². The zero-order valence-corrected chi connectivity index (χ0v) is 11.7. The van der Waals surface area contributed by atoms with Crippen molar-refractivity contribution in [3.63, 3.8) is 0 Å². The molecule has 0 saturated carbocycles. The lowest BCUT2D eigenvalue weighted by Gasteiger charge is -2.22. The fraction of sp³-hybridized carbons (Fsp3) is 0.429. The minimum Gasteiger partial charge on any atom is -0.480 e. The van der Waals surface area contributed by atoms with Crippen LogP contribution < -0.4 is 0 Å². The van der Waals surface area contributed by atoms with Crippen LogP contribution in [-0.4, -0.2) is 65.6 Å². The van der Waals surface area contributed by atoms with E-state index in [1.54, 1.807) is 24.3 Å². The Kier molecular flexibility index (Phi) is 6.14. The van der Waals surface area contributed by atoms with Gasteiger partial charge in [-0.2, -0.15) is 0 Å². The first kappa shape index (κ1) is 16.1. The number of hydrogen-bond donors (Lipinski definition) is 2. The normalized spacial score (nSPS) is 10.6. The highest BCUT2D eigenvalue weighted by atomic mass is 16.4. The number of carbonyl (C=O) groups excluding carboxylic acids is 1. The van der Waals surface area contributed by atoms with Crippen LogP contribution in [0.25, 0.3) is 0 Å².